The molecule has 2 aromatic carbocycles. The molecule has 2 aliphatic rings. The molecule has 8 heteroatoms. The van der Waals surface area contributed by atoms with E-state index < -0.39 is 10.0 Å². The van der Waals surface area contributed by atoms with Crippen LogP contribution >= 0.6 is 11.6 Å². The lowest BCUT2D eigenvalue weighted by Gasteiger charge is -2.18. The number of ether oxygens (including phenoxy) is 1. The standard InChI is InChI=1S/C23H27ClN2O4S/c24-20-4-1-5-22(15-20)31(28,29)25-26-13-12-17(16-26)3-2-14-30-21-10-8-19(9-11-21)23(27)18-6-7-18/h1,4-5,8-11,15,17-18,25H,2-3,6-7,12-14,16H2/t17-/m1/s1. The van der Waals surface area contributed by atoms with E-state index in [1.54, 1.807) is 17.1 Å². The summed E-state index contributed by atoms with van der Waals surface area (Å²) in [5.41, 5.74) is 0.765. The zero-order chi connectivity index (χ0) is 21.8. The van der Waals surface area contributed by atoms with Gasteiger partial charge in [0.2, 0.25) is 0 Å². The van der Waals surface area contributed by atoms with Crippen LogP contribution in [-0.4, -0.2) is 38.9 Å². The van der Waals surface area contributed by atoms with Crippen molar-refractivity contribution < 1.29 is 17.9 Å². The number of rotatable bonds is 10. The van der Waals surface area contributed by atoms with Gasteiger partial charge in [-0.25, -0.2) is 13.4 Å². The van der Waals surface area contributed by atoms with Crippen LogP contribution in [0.15, 0.2) is 53.4 Å². The summed E-state index contributed by atoms with van der Waals surface area (Å²) in [5, 5.41) is 2.16. The topological polar surface area (TPSA) is 75.7 Å². The van der Waals surface area contributed by atoms with Gasteiger partial charge >= 0.3 is 0 Å². The molecule has 2 aromatic rings. The summed E-state index contributed by atoms with van der Waals surface area (Å²) in [7, 11) is -3.62. The largest absolute Gasteiger partial charge is 0.494 e. The van der Waals surface area contributed by atoms with Gasteiger partial charge in [-0.15, -0.1) is 4.83 Å². The molecule has 31 heavy (non-hydrogen) atoms. The number of Topliss-reactive ketones (excluding diaryl/α,β-unsaturated/α-hetero) is 1. The third-order valence-electron chi connectivity index (χ3n) is 5.75. The molecule has 6 nitrogen and oxygen atoms in total. The van der Waals surface area contributed by atoms with Gasteiger partial charge in [-0.1, -0.05) is 17.7 Å². The number of nitrogens with zero attached hydrogens (tertiary/aromatic N) is 1. The number of halogens is 1. The Morgan fingerprint density at radius 1 is 1.13 bits per heavy atom. The quantitative estimate of drug-likeness (QED) is 0.420. The van der Waals surface area contributed by atoms with Crippen LogP contribution in [-0.2, 0) is 10.0 Å². The Balaban J connectivity index is 1.17. The number of carbonyl (C=O) groups is 1. The average Bonchev–Trinajstić information content (AvgIpc) is 3.52. The highest BCUT2D eigenvalue weighted by atomic mass is 35.5. The molecule has 0 spiro atoms. The molecule has 0 aromatic heterocycles. The Kier molecular flexibility index (Phi) is 6.96. The maximum Gasteiger partial charge on any atom is 0.253 e. The van der Waals surface area contributed by atoms with Gasteiger partial charge in [-0.05, 0) is 80.5 Å². The zero-order valence-electron chi connectivity index (χ0n) is 17.3. The number of hydrogen-bond donors (Lipinski definition) is 1. The van der Waals surface area contributed by atoms with E-state index in [1.165, 1.54) is 12.1 Å². The fourth-order valence-corrected chi connectivity index (χ4v) is 5.27. The van der Waals surface area contributed by atoms with E-state index in [2.05, 4.69) is 4.83 Å². The molecule has 1 aliphatic carbocycles. The first-order chi connectivity index (χ1) is 14.9. The Hall–Kier alpha value is -1.93. The molecule has 0 radical (unpaired) electrons. The van der Waals surface area contributed by atoms with E-state index in [0.717, 1.165) is 43.4 Å². The van der Waals surface area contributed by atoms with Gasteiger partial charge in [-0.2, -0.15) is 0 Å². The number of hydrazine groups is 1. The molecule has 1 saturated carbocycles. The summed E-state index contributed by atoms with van der Waals surface area (Å²) in [6.45, 7) is 1.96. The lowest BCUT2D eigenvalue weighted by molar-refractivity contribution is 0.0967. The van der Waals surface area contributed by atoms with Crippen LogP contribution < -0.4 is 9.57 Å². The molecule has 4 rings (SSSR count). The van der Waals surface area contributed by atoms with E-state index >= 15 is 0 Å². The van der Waals surface area contributed by atoms with E-state index in [1.807, 2.05) is 24.3 Å². The first kappa shape index (κ1) is 22.3. The smallest absolute Gasteiger partial charge is 0.253 e. The molecule has 1 heterocycles. The molecule has 1 saturated heterocycles. The lowest BCUT2D eigenvalue weighted by atomic mass is 10.0. The summed E-state index contributed by atoms with van der Waals surface area (Å²) in [4.78, 5) is 14.9. The van der Waals surface area contributed by atoms with Crippen LogP contribution in [0.25, 0.3) is 0 Å². The number of sulfonamides is 1. The van der Waals surface area contributed by atoms with Crippen molar-refractivity contribution in [2.45, 2.75) is 37.0 Å². The van der Waals surface area contributed by atoms with E-state index in [-0.39, 0.29) is 16.6 Å². The van der Waals surface area contributed by atoms with E-state index in [4.69, 9.17) is 16.3 Å². The van der Waals surface area contributed by atoms with Crippen molar-refractivity contribution in [1.29, 1.82) is 0 Å². The van der Waals surface area contributed by atoms with Crippen molar-refractivity contribution in [3.05, 3.63) is 59.1 Å². The van der Waals surface area contributed by atoms with Crippen molar-refractivity contribution in [2.75, 3.05) is 19.7 Å². The molecule has 1 aliphatic heterocycles. The highest BCUT2D eigenvalue weighted by Gasteiger charge is 2.30. The second-order valence-corrected chi connectivity index (χ2v) is 10.4. The molecular formula is C23H27ClN2O4S. The monoisotopic (exact) mass is 462 g/mol. The molecular weight excluding hydrogens is 436 g/mol. The SMILES string of the molecule is O=C(c1ccc(OCCC[C@@H]2CCN(NS(=O)(=O)c3cccc(Cl)c3)C2)cc1)C1CC1. The third kappa shape index (κ3) is 6.07. The predicted molar refractivity (Wildman–Crippen MR) is 120 cm³/mol. The molecule has 166 valence electrons. The number of nitrogens with one attached hydrogen (secondary N) is 1. The summed E-state index contributed by atoms with van der Waals surface area (Å²) in [6, 6.07) is 13.7. The van der Waals surface area contributed by atoms with Crippen LogP contribution in [0.4, 0.5) is 0 Å². The van der Waals surface area contributed by atoms with Crippen molar-refractivity contribution in [3.63, 3.8) is 0 Å². The summed E-state index contributed by atoms with van der Waals surface area (Å²) in [5.74, 6) is 1.66. The van der Waals surface area contributed by atoms with Gasteiger partial charge < -0.3 is 4.74 Å². The van der Waals surface area contributed by atoms with E-state index in [9.17, 15) is 13.2 Å². The summed E-state index contributed by atoms with van der Waals surface area (Å²) < 4.78 is 30.8. The minimum absolute atomic E-state index is 0.168. The zero-order valence-corrected chi connectivity index (χ0v) is 18.9. The van der Waals surface area contributed by atoms with Crippen molar-refractivity contribution >= 4 is 27.4 Å². The summed E-state index contributed by atoms with van der Waals surface area (Å²) >= 11 is 5.91. The average molecular weight is 463 g/mol. The van der Waals surface area contributed by atoms with Gasteiger partial charge in [0.15, 0.2) is 5.78 Å². The Labute approximate surface area is 188 Å². The van der Waals surface area contributed by atoms with Crippen molar-refractivity contribution in [1.82, 2.24) is 9.84 Å². The van der Waals surface area contributed by atoms with Gasteiger partial charge in [0, 0.05) is 29.6 Å². The highest BCUT2D eigenvalue weighted by Crippen LogP contribution is 2.33. The van der Waals surface area contributed by atoms with Crippen LogP contribution in [0.5, 0.6) is 5.75 Å². The van der Waals surface area contributed by atoms with Gasteiger partial charge in [0.25, 0.3) is 10.0 Å². The first-order valence-electron chi connectivity index (χ1n) is 10.7. The third-order valence-corrected chi connectivity index (χ3v) is 7.36. The van der Waals surface area contributed by atoms with Gasteiger partial charge in [0.1, 0.15) is 5.75 Å². The van der Waals surface area contributed by atoms with Crippen molar-refractivity contribution in [3.8, 4) is 5.75 Å². The Morgan fingerprint density at radius 3 is 2.61 bits per heavy atom. The number of carbonyl (C=O) groups excluding carboxylic acids is 1. The Morgan fingerprint density at radius 2 is 1.90 bits per heavy atom. The fraction of sp³-hybridized carbons (Fsp3) is 0.435. The number of ketones is 1. The van der Waals surface area contributed by atoms with Gasteiger partial charge in [0.05, 0.1) is 11.5 Å². The fourth-order valence-electron chi connectivity index (χ4n) is 3.87. The molecule has 0 amide bonds. The second kappa shape index (κ2) is 9.69. The number of hydrogen-bond acceptors (Lipinski definition) is 5. The van der Waals surface area contributed by atoms with Crippen LogP contribution in [0, 0.1) is 11.8 Å². The minimum atomic E-state index is -3.62. The van der Waals surface area contributed by atoms with Crippen LogP contribution in [0.3, 0.4) is 0 Å². The Bertz CT molecular complexity index is 1020. The second-order valence-electron chi connectivity index (χ2n) is 8.31. The lowest BCUT2D eigenvalue weighted by Crippen LogP contribution is -2.40. The molecule has 1 atom stereocenters. The number of benzene rings is 2. The van der Waals surface area contributed by atoms with Gasteiger partial charge in [-0.3, -0.25) is 4.79 Å². The maximum absolute atomic E-state index is 12.5. The molecule has 0 bridgehead atoms. The first-order valence-corrected chi connectivity index (χ1v) is 12.6. The van der Waals surface area contributed by atoms with Crippen molar-refractivity contribution in [2.24, 2.45) is 11.8 Å². The normalized spacial score (nSPS) is 19.5. The highest BCUT2D eigenvalue weighted by molar-refractivity contribution is 7.89. The molecule has 2 fully saturated rings. The molecule has 0 unspecified atom stereocenters. The van der Waals surface area contributed by atoms with Crippen LogP contribution in [0.2, 0.25) is 5.02 Å². The maximum atomic E-state index is 12.5. The van der Waals surface area contributed by atoms with E-state index in [0.29, 0.717) is 30.6 Å². The molecule has 1 N–H and O–H groups in total. The van der Waals surface area contributed by atoms with Crippen LogP contribution in [0.1, 0.15) is 42.5 Å². The minimum Gasteiger partial charge on any atom is -0.494 e. The summed E-state index contributed by atoms with van der Waals surface area (Å²) in [6.07, 6.45) is 4.82. The predicted octanol–water partition coefficient (Wildman–Crippen LogP) is 4.31.